The first kappa shape index (κ1) is 18.7. The second kappa shape index (κ2) is 7.73. The van der Waals surface area contributed by atoms with Crippen LogP contribution < -0.4 is 5.32 Å². The van der Waals surface area contributed by atoms with Gasteiger partial charge in [0.05, 0.1) is 5.56 Å². The van der Waals surface area contributed by atoms with Gasteiger partial charge in [0.2, 0.25) is 0 Å². The van der Waals surface area contributed by atoms with Crippen LogP contribution in [0.15, 0.2) is 24.3 Å². The molecule has 0 bridgehead atoms. The smallest absolute Gasteiger partial charge is 0.272 e. The number of fused-ring (bicyclic) bond motifs is 1. The van der Waals surface area contributed by atoms with Crippen LogP contribution >= 0.6 is 0 Å². The highest BCUT2D eigenvalue weighted by Gasteiger charge is 2.29. The summed E-state index contributed by atoms with van der Waals surface area (Å²) in [6.07, 6.45) is 4.23. The average Bonchev–Trinajstić information content (AvgIpc) is 3.11. The number of aryl methyl sites for hydroxylation is 1. The number of amides is 2. The zero-order chi connectivity index (χ0) is 19.7. The van der Waals surface area contributed by atoms with Gasteiger partial charge in [-0.1, -0.05) is 19.1 Å². The highest BCUT2D eigenvalue weighted by atomic mass is 19.1. The molecule has 2 N–H and O–H groups in total. The summed E-state index contributed by atoms with van der Waals surface area (Å²) in [4.78, 5) is 26.9. The van der Waals surface area contributed by atoms with Gasteiger partial charge in [-0.05, 0) is 50.2 Å². The van der Waals surface area contributed by atoms with Gasteiger partial charge in [-0.25, -0.2) is 4.39 Å². The van der Waals surface area contributed by atoms with Gasteiger partial charge in [-0.2, -0.15) is 5.10 Å². The number of piperidine rings is 1. The lowest BCUT2D eigenvalue weighted by Crippen LogP contribution is -2.47. The minimum Gasteiger partial charge on any atom is -0.348 e. The Labute approximate surface area is 163 Å². The first-order valence-electron chi connectivity index (χ1n) is 9.93. The van der Waals surface area contributed by atoms with Crippen LogP contribution in [0.3, 0.4) is 0 Å². The highest BCUT2D eigenvalue weighted by molar-refractivity contribution is 5.95. The lowest BCUT2D eigenvalue weighted by molar-refractivity contribution is 0.0693. The zero-order valence-corrected chi connectivity index (χ0v) is 16.0. The number of aromatic nitrogens is 2. The Morgan fingerprint density at radius 1 is 1.21 bits per heavy atom. The van der Waals surface area contributed by atoms with Gasteiger partial charge in [0.1, 0.15) is 5.82 Å². The molecule has 1 atom stereocenters. The van der Waals surface area contributed by atoms with Gasteiger partial charge in [0.25, 0.3) is 11.8 Å². The Kier molecular flexibility index (Phi) is 5.15. The summed E-state index contributed by atoms with van der Waals surface area (Å²) in [5.74, 6) is -0.381. The quantitative estimate of drug-likeness (QED) is 0.854. The van der Waals surface area contributed by atoms with Gasteiger partial charge < -0.3 is 10.2 Å². The Balaban J connectivity index is 1.35. The van der Waals surface area contributed by atoms with E-state index in [-0.39, 0.29) is 23.4 Å². The van der Waals surface area contributed by atoms with E-state index in [1.807, 2.05) is 0 Å². The molecule has 0 spiro atoms. The number of nitrogens with one attached hydrogen (secondary N) is 2. The number of carbonyl (C=O) groups is 2. The minimum absolute atomic E-state index is 0.00876. The number of hydrogen-bond donors (Lipinski definition) is 2. The lowest BCUT2D eigenvalue weighted by atomic mass is 9.87. The van der Waals surface area contributed by atoms with E-state index in [1.165, 1.54) is 12.1 Å². The second-order valence-corrected chi connectivity index (χ2v) is 7.90. The summed E-state index contributed by atoms with van der Waals surface area (Å²) in [6, 6.07) is 6.03. The van der Waals surface area contributed by atoms with Crippen LogP contribution in [0.25, 0.3) is 0 Å². The molecule has 1 unspecified atom stereocenters. The van der Waals surface area contributed by atoms with Crippen molar-refractivity contribution in [3.63, 3.8) is 0 Å². The van der Waals surface area contributed by atoms with Gasteiger partial charge >= 0.3 is 0 Å². The monoisotopic (exact) mass is 384 g/mol. The van der Waals surface area contributed by atoms with Crippen LogP contribution in [0.4, 0.5) is 4.39 Å². The van der Waals surface area contributed by atoms with Crippen molar-refractivity contribution in [3.8, 4) is 0 Å². The van der Waals surface area contributed by atoms with Gasteiger partial charge in [-0.3, -0.25) is 14.7 Å². The third-order valence-corrected chi connectivity index (χ3v) is 5.83. The number of benzene rings is 1. The predicted octanol–water partition coefficient (Wildman–Crippen LogP) is 2.71. The zero-order valence-electron chi connectivity index (χ0n) is 16.0. The molecule has 1 fully saturated rings. The molecule has 1 aliphatic carbocycles. The molecule has 7 heteroatoms. The summed E-state index contributed by atoms with van der Waals surface area (Å²) < 4.78 is 13.9. The van der Waals surface area contributed by atoms with Gasteiger partial charge in [0.15, 0.2) is 5.69 Å². The van der Waals surface area contributed by atoms with Crippen molar-refractivity contribution in [1.82, 2.24) is 20.4 Å². The molecule has 1 aromatic heterocycles. The minimum atomic E-state index is -0.500. The summed E-state index contributed by atoms with van der Waals surface area (Å²) in [6.45, 7) is 3.18. The van der Waals surface area contributed by atoms with E-state index in [2.05, 4.69) is 22.4 Å². The molecule has 0 radical (unpaired) electrons. The molecule has 148 valence electrons. The van der Waals surface area contributed by atoms with Crippen molar-refractivity contribution in [2.75, 3.05) is 13.1 Å². The summed E-state index contributed by atoms with van der Waals surface area (Å²) in [5.41, 5.74) is 2.73. The Morgan fingerprint density at radius 3 is 2.71 bits per heavy atom. The van der Waals surface area contributed by atoms with E-state index in [1.54, 1.807) is 17.0 Å². The number of likely N-dealkylation sites (tertiary alicyclic amines) is 1. The first-order chi connectivity index (χ1) is 13.5. The van der Waals surface area contributed by atoms with Crippen molar-refractivity contribution in [2.45, 2.75) is 45.1 Å². The SMILES string of the molecule is CC1CCc2[nH]nc(C(=O)NC3CCN(C(=O)c4ccccc4F)CC3)c2C1. The van der Waals surface area contributed by atoms with E-state index < -0.39 is 5.82 Å². The number of hydrogen-bond acceptors (Lipinski definition) is 3. The van der Waals surface area contributed by atoms with Crippen molar-refractivity contribution in [1.29, 1.82) is 0 Å². The van der Waals surface area contributed by atoms with E-state index in [4.69, 9.17) is 0 Å². The molecule has 1 aliphatic heterocycles. The van der Waals surface area contributed by atoms with Crippen LogP contribution in [0.2, 0.25) is 0 Å². The maximum absolute atomic E-state index is 13.9. The fraction of sp³-hybridized carbons (Fsp3) is 0.476. The van der Waals surface area contributed by atoms with E-state index in [9.17, 15) is 14.0 Å². The van der Waals surface area contributed by atoms with Crippen LogP contribution in [-0.4, -0.2) is 46.0 Å². The number of nitrogens with zero attached hydrogens (tertiary/aromatic N) is 2. The number of halogens is 1. The van der Waals surface area contributed by atoms with Crippen molar-refractivity contribution >= 4 is 11.8 Å². The second-order valence-electron chi connectivity index (χ2n) is 7.90. The largest absolute Gasteiger partial charge is 0.348 e. The normalized spacial score (nSPS) is 19.9. The number of H-pyrrole nitrogens is 1. The maximum Gasteiger partial charge on any atom is 0.272 e. The molecular formula is C21H25FN4O2. The van der Waals surface area contributed by atoms with Gasteiger partial charge in [0, 0.05) is 30.4 Å². The molecule has 2 aromatic rings. The average molecular weight is 384 g/mol. The topological polar surface area (TPSA) is 78.1 Å². The molecule has 0 saturated carbocycles. The summed E-state index contributed by atoms with van der Waals surface area (Å²) in [7, 11) is 0. The first-order valence-corrected chi connectivity index (χ1v) is 9.93. The lowest BCUT2D eigenvalue weighted by Gasteiger charge is -2.32. The third-order valence-electron chi connectivity index (χ3n) is 5.83. The number of aromatic amines is 1. The highest BCUT2D eigenvalue weighted by Crippen LogP contribution is 2.26. The fourth-order valence-electron chi connectivity index (χ4n) is 4.14. The molecule has 1 aromatic carbocycles. The molecule has 1 saturated heterocycles. The molecule has 2 aliphatic rings. The summed E-state index contributed by atoms with van der Waals surface area (Å²) >= 11 is 0. The fourth-order valence-corrected chi connectivity index (χ4v) is 4.14. The molecule has 2 amide bonds. The van der Waals surface area contributed by atoms with E-state index >= 15 is 0 Å². The third kappa shape index (κ3) is 3.66. The van der Waals surface area contributed by atoms with Crippen molar-refractivity contribution < 1.29 is 14.0 Å². The Bertz CT molecular complexity index is 886. The van der Waals surface area contributed by atoms with Crippen LogP contribution in [0.5, 0.6) is 0 Å². The van der Waals surface area contributed by atoms with Crippen molar-refractivity contribution in [2.24, 2.45) is 5.92 Å². The molecule has 28 heavy (non-hydrogen) atoms. The van der Waals surface area contributed by atoms with E-state index in [0.717, 1.165) is 30.5 Å². The predicted molar refractivity (Wildman–Crippen MR) is 103 cm³/mol. The Hall–Kier alpha value is -2.70. The van der Waals surface area contributed by atoms with Crippen molar-refractivity contribution in [3.05, 3.63) is 52.6 Å². The maximum atomic E-state index is 13.9. The standard InChI is InChI=1S/C21H25FN4O2/c1-13-6-7-18-16(12-13)19(25-24-18)20(27)23-14-8-10-26(11-9-14)21(28)15-4-2-3-5-17(15)22/h2-5,13-14H,6-12H2,1H3,(H,23,27)(H,24,25). The number of rotatable bonds is 3. The number of carbonyl (C=O) groups excluding carboxylic acids is 2. The molecule has 6 nitrogen and oxygen atoms in total. The van der Waals surface area contributed by atoms with E-state index in [0.29, 0.717) is 37.5 Å². The van der Waals surface area contributed by atoms with Crippen LogP contribution in [0.1, 0.15) is 58.3 Å². The Morgan fingerprint density at radius 2 is 1.96 bits per heavy atom. The molecule has 4 rings (SSSR count). The summed E-state index contributed by atoms with van der Waals surface area (Å²) in [5, 5.41) is 10.3. The van der Waals surface area contributed by atoms with Gasteiger partial charge in [-0.15, -0.1) is 0 Å². The van der Waals surface area contributed by atoms with Crippen LogP contribution in [-0.2, 0) is 12.8 Å². The molecule has 2 heterocycles. The van der Waals surface area contributed by atoms with Crippen LogP contribution in [0, 0.1) is 11.7 Å². The molecular weight excluding hydrogens is 359 g/mol.